The summed E-state index contributed by atoms with van der Waals surface area (Å²) in [6.07, 6.45) is 1.62. The second kappa shape index (κ2) is 4.97. The monoisotopic (exact) mass is 261 g/mol. The smallest absolute Gasteiger partial charge is 0.312 e. The van der Waals surface area contributed by atoms with Crippen LogP contribution < -0.4 is 0 Å². The van der Waals surface area contributed by atoms with E-state index in [-0.39, 0.29) is 5.69 Å². The lowest BCUT2D eigenvalue weighted by Gasteiger charge is -2.11. The molecule has 0 bridgehead atoms. The van der Waals surface area contributed by atoms with E-state index >= 15 is 0 Å². The van der Waals surface area contributed by atoms with Crippen molar-refractivity contribution in [1.29, 1.82) is 0 Å². The van der Waals surface area contributed by atoms with Crippen molar-refractivity contribution in [1.82, 2.24) is 9.97 Å². The Morgan fingerprint density at radius 1 is 1.47 bits per heavy atom. The van der Waals surface area contributed by atoms with Crippen LogP contribution in [0.15, 0.2) is 24.5 Å². The highest BCUT2D eigenvalue weighted by Gasteiger charge is 2.22. The molecule has 1 N–H and O–H groups in total. The van der Waals surface area contributed by atoms with Gasteiger partial charge in [0.25, 0.3) is 5.69 Å². The van der Waals surface area contributed by atoms with Crippen molar-refractivity contribution in [3.63, 3.8) is 0 Å². The number of carboxylic acids is 1. The Kier molecular flexibility index (Phi) is 3.37. The van der Waals surface area contributed by atoms with E-state index in [0.717, 1.165) is 0 Å². The summed E-state index contributed by atoms with van der Waals surface area (Å²) in [6.45, 7) is 1.73. The molecule has 1 aromatic heterocycles. The first kappa shape index (κ1) is 12.9. The molecule has 0 saturated carbocycles. The molecule has 0 saturated heterocycles. The highest BCUT2D eigenvalue weighted by molar-refractivity contribution is 5.88. The van der Waals surface area contributed by atoms with Crippen molar-refractivity contribution in [3.05, 3.63) is 40.3 Å². The van der Waals surface area contributed by atoms with Crippen molar-refractivity contribution in [3.8, 4) is 0 Å². The first-order valence-electron chi connectivity index (χ1n) is 5.66. The molecule has 2 aromatic rings. The lowest BCUT2D eigenvalue weighted by molar-refractivity contribution is -0.384. The SMILES string of the molecule is CCC(C(=O)O)c1ncnc2ccc([N+](=O)[O-])cc12. The van der Waals surface area contributed by atoms with Crippen LogP contribution in [0.3, 0.4) is 0 Å². The van der Waals surface area contributed by atoms with Gasteiger partial charge in [0.2, 0.25) is 0 Å². The van der Waals surface area contributed by atoms with Crippen molar-refractivity contribution >= 4 is 22.6 Å². The number of fused-ring (bicyclic) bond motifs is 1. The van der Waals surface area contributed by atoms with Crippen LogP contribution >= 0.6 is 0 Å². The molecular formula is C12H11N3O4. The fourth-order valence-corrected chi connectivity index (χ4v) is 1.94. The Labute approximate surface area is 108 Å². The molecule has 0 radical (unpaired) electrons. The Balaban J connectivity index is 2.69. The Morgan fingerprint density at radius 3 is 2.79 bits per heavy atom. The summed E-state index contributed by atoms with van der Waals surface area (Å²) in [5, 5.41) is 20.4. The van der Waals surface area contributed by atoms with Crippen molar-refractivity contribution in [2.24, 2.45) is 0 Å². The zero-order valence-electron chi connectivity index (χ0n) is 10.1. The summed E-state index contributed by atoms with van der Waals surface area (Å²) < 4.78 is 0. The molecule has 2 rings (SSSR count). The number of carbonyl (C=O) groups is 1. The first-order valence-corrected chi connectivity index (χ1v) is 5.66. The summed E-state index contributed by atoms with van der Waals surface area (Å²) in [6, 6.07) is 4.14. The molecule has 0 aliphatic heterocycles. The molecule has 0 aliphatic carbocycles. The highest BCUT2D eigenvalue weighted by Crippen LogP contribution is 2.27. The fourth-order valence-electron chi connectivity index (χ4n) is 1.94. The van der Waals surface area contributed by atoms with Crippen LogP contribution in [0.5, 0.6) is 0 Å². The van der Waals surface area contributed by atoms with Crippen LogP contribution in [0.2, 0.25) is 0 Å². The van der Waals surface area contributed by atoms with Crippen molar-refractivity contribution in [2.75, 3.05) is 0 Å². The predicted octanol–water partition coefficient (Wildman–Crippen LogP) is 2.12. The Hall–Kier alpha value is -2.57. The number of hydrogen-bond donors (Lipinski definition) is 1. The normalized spacial score (nSPS) is 12.3. The Morgan fingerprint density at radius 2 is 2.21 bits per heavy atom. The van der Waals surface area contributed by atoms with E-state index in [0.29, 0.717) is 23.0 Å². The minimum atomic E-state index is -1.01. The number of carboxylic acid groups (broad SMARTS) is 1. The average molecular weight is 261 g/mol. The number of benzene rings is 1. The van der Waals surface area contributed by atoms with Gasteiger partial charge in [-0.1, -0.05) is 6.92 Å². The van der Waals surface area contributed by atoms with Gasteiger partial charge in [-0.25, -0.2) is 9.97 Å². The summed E-state index contributed by atoms with van der Waals surface area (Å²) in [7, 11) is 0. The minimum absolute atomic E-state index is 0.108. The molecule has 0 amide bonds. The lowest BCUT2D eigenvalue weighted by atomic mass is 9.98. The topological polar surface area (TPSA) is 106 Å². The van der Waals surface area contributed by atoms with Crippen LogP contribution in [-0.2, 0) is 4.79 Å². The number of aliphatic carboxylic acids is 1. The molecule has 1 unspecified atom stereocenters. The molecule has 7 nitrogen and oxygen atoms in total. The molecule has 0 fully saturated rings. The maximum atomic E-state index is 11.2. The van der Waals surface area contributed by atoms with Gasteiger partial charge in [-0.15, -0.1) is 0 Å². The van der Waals surface area contributed by atoms with E-state index in [1.807, 2.05) is 0 Å². The van der Waals surface area contributed by atoms with Crippen molar-refractivity contribution < 1.29 is 14.8 Å². The van der Waals surface area contributed by atoms with Gasteiger partial charge in [0.1, 0.15) is 6.33 Å². The number of nitrogens with zero attached hydrogens (tertiary/aromatic N) is 3. The summed E-state index contributed by atoms with van der Waals surface area (Å²) in [5.41, 5.74) is 0.697. The molecular weight excluding hydrogens is 250 g/mol. The largest absolute Gasteiger partial charge is 0.481 e. The second-order valence-electron chi connectivity index (χ2n) is 4.02. The number of aromatic nitrogens is 2. The quantitative estimate of drug-likeness (QED) is 0.667. The number of hydrogen-bond acceptors (Lipinski definition) is 5. The molecule has 0 aliphatic rings. The molecule has 1 heterocycles. The summed E-state index contributed by atoms with van der Waals surface area (Å²) >= 11 is 0. The van der Waals surface area contributed by atoms with Gasteiger partial charge in [-0.05, 0) is 12.5 Å². The zero-order chi connectivity index (χ0) is 14.0. The van der Waals surface area contributed by atoms with E-state index in [1.54, 1.807) is 6.92 Å². The van der Waals surface area contributed by atoms with Crippen LogP contribution in [0.4, 0.5) is 5.69 Å². The molecule has 0 spiro atoms. The third-order valence-electron chi connectivity index (χ3n) is 2.90. The Bertz CT molecular complexity index is 656. The van der Waals surface area contributed by atoms with Gasteiger partial charge in [-0.3, -0.25) is 14.9 Å². The van der Waals surface area contributed by atoms with Crippen LogP contribution in [0.1, 0.15) is 25.0 Å². The maximum Gasteiger partial charge on any atom is 0.312 e. The molecule has 98 valence electrons. The van der Waals surface area contributed by atoms with E-state index in [4.69, 9.17) is 0 Å². The fraction of sp³-hybridized carbons (Fsp3) is 0.250. The standard InChI is InChI=1S/C12H11N3O4/c1-2-8(12(16)17)11-9-5-7(15(18)19)3-4-10(9)13-6-14-11/h3-6,8H,2H2,1H3,(H,16,17). The van der Waals surface area contributed by atoms with Gasteiger partial charge in [0.15, 0.2) is 0 Å². The van der Waals surface area contributed by atoms with Crippen LogP contribution in [-0.4, -0.2) is 26.0 Å². The average Bonchev–Trinajstić information content (AvgIpc) is 2.38. The van der Waals surface area contributed by atoms with E-state index in [2.05, 4.69) is 9.97 Å². The number of nitro benzene ring substituents is 1. The van der Waals surface area contributed by atoms with Gasteiger partial charge in [0.05, 0.1) is 22.1 Å². The number of non-ortho nitro benzene ring substituents is 1. The number of nitro groups is 1. The van der Waals surface area contributed by atoms with Gasteiger partial charge >= 0.3 is 5.97 Å². The molecule has 7 heteroatoms. The maximum absolute atomic E-state index is 11.2. The zero-order valence-corrected chi connectivity index (χ0v) is 10.1. The lowest BCUT2D eigenvalue weighted by Crippen LogP contribution is -2.13. The molecule has 1 atom stereocenters. The summed E-state index contributed by atoms with van der Waals surface area (Å²) in [4.78, 5) is 29.4. The molecule has 1 aromatic carbocycles. The van der Waals surface area contributed by atoms with Gasteiger partial charge in [0, 0.05) is 17.5 Å². The third kappa shape index (κ3) is 2.35. The van der Waals surface area contributed by atoms with Crippen LogP contribution in [0.25, 0.3) is 10.9 Å². The first-order chi connectivity index (χ1) is 9.04. The summed E-state index contributed by atoms with van der Waals surface area (Å²) in [5.74, 6) is -1.80. The number of rotatable bonds is 4. The second-order valence-corrected chi connectivity index (χ2v) is 4.02. The van der Waals surface area contributed by atoms with E-state index in [9.17, 15) is 20.0 Å². The third-order valence-corrected chi connectivity index (χ3v) is 2.90. The van der Waals surface area contributed by atoms with Crippen LogP contribution in [0, 0.1) is 10.1 Å². The van der Waals surface area contributed by atoms with E-state index in [1.165, 1.54) is 24.5 Å². The van der Waals surface area contributed by atoms with Gasteiger partial charge in [-0.2, -0.15) is 0 Å². The van der Waals surface area contributed by atoms with Crippen molar-refractivity contribution in [2.45, 2.75) is 19.3 Å². The predicted molar refractivity (Wildman–Crippen MR) is 66.9 cm³/mol. The van der Waals surface area contributed by atoms with Gasteiger partial charge < -0.3 is 5.11 Å². The molecule has 19 heavy (non-hydrogen) atoms. The highest BCUT2D eigenvalue weighted by atomic mass is 16.6. The minimum Gasteiger partial charge on any atom is -0.481 e. The van der Waals surface area contributed by atoms with E-state index < -0.39 is 16.8 Å².